The van der Waals surface area contributed by atoms with Crippen LogP contribution < -0.4 is 5.73 Å². The lowest BCUT2D eigenvalue weighted by Crippen LogP contribution is -2.33. The summed E-state index contributed by atoms with van der Waals surface area (Å²) in [6, 6.07) is 12.1. The number of nitrogens with two attached hydrogens (primary N) is 1. The van der Waals surface area contributed by atoms with E-state index in [1.54, 1.807) is 0 Å². The normalized spacial score (nSPS) is 11.9. The van der Waals surface area contributed by atoms with Crippen molar-refractivity contribution in [2.45, 2.75) is 44.6 Å². The molecule has 3 rings (SSSR count). The molecule has 2 aromatic carbocycles. The van der Waals surface area contributed by atoms with Crippen molar-refractivity contribution in [1.29, 1.82) is 5.41 Å². The van der Waals surface area contributed by atoms with Crippen LogP contribution in [0.4, 0.5) is 0 Å². The van der Waals surface area contributed by atoms with Gasteiger partial charge in [-0.05, 0) is 48.6 Å². The average molecular weight is 473 g/mol. The number of aryl methyl sites for hydroxylation is 1. The standard InChI is InChI=1S/C23H28N4O3S2/c1-15(2)18-6-4-17(5-7-18)10-11-27(13-20-14-31-16(3)26-20)32(29,30)22-12-19(23(24)25)8-9-21(22)28/h4-9,12,14-15,28H,10-11,13H2,1-3H3,(H3,24,25). The summed E-state index contributed by atoms with van der Waals surface area (Å²) >= 11 is 1.45. The number of hydrogen-bond acceptors (Lipinski definition) is 6. The van der Waals surface area contributed by atoms with Gasteiger partial charge in [0.1, 0.15) is 16.5 Å². The van der Waals surface area contributed by atoms with Crippen LogP contribution in [0.5, 0.6) is 5.75 Å². The van der Waals surface area contributed by atoms with Gasteiger partial charge in [-0.25, -0.2) is 13.4 Å². The fourth-order valence-corrected chi connectivity index (χ4v) is 5.42. The van der Waals surface area contributed by atoms with E-state index in [1.165, 1.54) is 39.4 Å². The fraction of sp³-hybridized carbons (Fsp3) is 0.304. The molecule has 0 unspecified atom stereocenters. The quantitative estimate of drug-likeness (QED) is 0.321. The van der Waals surface area contributed by atoms with E-state index in [-0.39, 0.29) is 35.1 Å². The number of aromatic nitrogens is 1. The van der Waals surface area contributed by atoms with E-state index >= 15 is 0 Å². The molecule has 0 aliphatic heterocycles. The van der Waals surface area contributed by atoms with Gasteiger partial charge in [-0.1, -0.05) is 38.1 Å². The van der Waals surface area contributed by atoms with E-state index in [2.05, 4.69) is 31.0 Å². The molecule has 0 fully saturated rings. The van der Waals surface area contributed by atoms with Gasteiger partial charge in [-0.15, -0.1) is 11.3 Å². The Morgan fingerprint density at radius 3 is 2.47 bits per heavy atom. The number of phenols is 1. The van der Waals surface area contributed by atoms with Crippen molar-refractivity contribution in [3.8, 4) is 5.75 Å². The molecule has 4 N–H and O–H groups in total. The summed E-state index contributed by atoms with van der Waals surface area (Å²) in [7, 11) is -4.07. The summed E-state index contributed by atoms with van der Waals surface area (Å²) in [5.41, 5.74) is 8.65. The highest BCUT2D eigenvalue weighted by molar-refractivity contribution is 7.89. The van der Waals surface area contributed by atoms with Crippen molar-refractivity contribution in [2.24, 2.45) is 5.73 Å². The molecule has 7 nitrogen and oxygen atoms in total. The third-order valence-corrected chi connectivity index (χ3v) is 7.89. The molecular formula is C23H28N4O3S2. The molecule has 0 atom stereocenters. The minimum absolute atomic E-state index is 0.0838. The summed E-state index contributed by atoms with van der Waals surface area (Å²) < 4.78 is 28.4. The Morgan fingerprint density at radius 1 is 1.22 bits per heavy atom. The first-order valence-electron chi connectivity index (χ1n) is 10.3. The molecule has 32 heavy (non-hydrogen) atoms. The molecule has 1 heterocycles. The second-order valence-electron chi connectivity index (χ2n) is 7.94. The molecule has 3 aromatic rings. The number of hydrogen-bond donors (Lipinski definition) is 3. The molecule has 0 radical (unpaired) electrons. The summed E-state index contributed by atoms with van der Waals surface area (Å²) in [6.45, 7) is 6.41. The van der Waals surface area contributed by atoms with Crippen LogP contribution in [0.3, 0.4) is 0 Å². The van der Waals surface area contributed by atoms with Crippen LogP contribution in [-0.2, 0) is 23.0 Å². The van der Waals surface area contributed by atoms with Crippen molar-refractivity contribution in [3.63, 3.8) is 0 Å². The molecule has 9 heteroatoms. The first-order chi connectivity index (χ1) is 15.1. The van der Waals surface area contributed by atoms with Gasteiger partial charge in [-0.3, -0.25) is 5.41 Å². The largest absolute Gasteiger partial charge is 0.507 e. The molecule has 170 valence electrons. The minimum atomic E-state index is -4.07. The first kappa shape index (κ1) is 23.9. The Kier molecular flexibility index (Phi) is 7.33. The number of benzene rings is 2. The maximum absolute atomic E-state index is 13.5. The van der Waals surface area contributed by atoms with Crippen LogP contribution in [0.25, 0.3) is 0 Å². The van der Waals surface area contributed by atoms with Crippen LogP contribution in [0.2, 0.25) is 0 Å². The third-order valence-electron chi connectivity index (χ3n) is 5.19. The maximum Gasteiger partial charge on any atom is 0.247 e. The SMILES string of the molecule is Cc1nc(CN(CCc2ccc(C(C)C)cc2)S(=O)(=O)c2cc(C(=N)N)ccc2O)cs1. The van der Waals surface area contributed by atoms with Crippen LogP contribution in [0.15, 0.2) is 52.7 Å². The van der Waals surface area contributed by atoms with Crippen LogP contribution in [0.1, 0.15) is 47.2 Å². The second kappa shape index (κ2) is 9.81. The number of amidine groups is 1. The van der Waals surface area contributed by atoms with Crippen molar-refractivity contribution in [1.82, 2.24) is 9.29 Å². The number of nitrogens with one attached hydrogen (secondary N) is 1. The number of aromatic hydroxyl groups is 1. The van der Waals surface area contributed by atoms with E-state index in [0.29, 0.717) is 18.0 Å². The van der Waals surface area contributed by atoms with Crippen LogP contribution >= 0.6 is 11.3 Å². The van der Waals surface area contributed by atoms with Gasteiger partial charge in [-0.2, -0.15) is 4.31 Å². The van der Waals surface area contributed by atoms with Gasteiger partial charge in [0, 0.05) is 17.5 Å². The molecule has 0 amide bonds. The van der Waals surface area contributed by atoms with Crippen LogP contribution in [0, 0.1) is 12.3 Å². The highest BCUT2D eigenvalue weighted by Crippen LogP contribution is 2.28. The molecule has 0 aliphatic rings. The lowest BCUT2D eigenvalue weighted by Gasteiger charge is -2.22. The highest BCUT2D eigenvalue weighted by atomic mass is 32.2. The zero-order chi connectivity index (χ0) is 23.5. The first-order valence-corrected chi connectivity index (χ1v) is 12.6. The predicted octanol–water partition coefficient (Wildman–Crippen LogP) is 4.00. The highest BCUT2D eigenvalue weighted by Gasteiger charge is 2.28. The van der Waals surface area contributed by atoms with Gasteiger partial charge in [0.05, 0.1) is 17.2 Å². The number of nitrogens with zero attached hydrogens (tertiary/aromatic N) is 2. The van der Waals surface area contributed by atoms with E-state index in [1.807, 2.05) is 24.4 Å². The van der Waals surface area contributed by atoms with E-state index in [4.69, 9.17) is 11.1 Å². The lowest BCUT2D eigenvalue weighted by atomic mass is 10.0. The van der Waals surface area contributed by atoms with Gasteiger partial charge in [0.15, 0.2) is 0 Å². The number of rotatable bonds is 9. The monoisotopic (exact) mass is 472 g/mol. The van der Waals surface area contributed by atoms with E-state index in [9.17, 15) is 13.5 Å². The molecule has 0 aliphatic carbocycles. The van der Waals surface area contributed by atoms with Gasteiger partial charge in [0.25, 0.3) is 0 Å². The van der Waals surface area contributed by atoms with Crippen molar-refractivity contribution in [3.05, 3.63) is 75.2 Å². The molecule has 0 saturated heterocycles. The van der Waals surface area contributed by atoms with Crippen molar-refractivity contribution in [2.75, 3.05) is 6.54 Å². The second-order valence-corrected chi connectivity index (χ2v) is 10.9. The number of thiazole rings is 1. The molecule has 1 aromatic heterocycles. The number of phenolic OH excluding ortho intramolecular Hbond substituents is 1. The predicted molar refractivity (Wildman–Crippen MR) is 128 cm³/mol. The summed E-state index contributed by atoms with van der Waals surface area (Å²) in [6.07, 6.45) is 0.508. The lowest BCUT2D eigenvalue weighted by molar-refractivity contribution is 0.399. The van der Waals surface area contributed by atoms with Gasteiger partial charge >= 0.3 is 0 Å². The summed E-state index contributed by atoms with van der Waals surface area (Å²) in [4.78, 5) is 4.14. The number of nitrogen functional groups attached to an aromatic ring is 1. The van der Waals surface area contributed by atoms with Crippen LogP contribution in [-0.4, -0.2) is 35.2 Å². The molecular weight excluding hydrogens is 444 g/mol. The van der Waals surface area contributed by atoms with Crippen molar-refractivity contribution >= 4 is 27.2 Å². The zero-order valence-electron chi connectivity index (χ0n) is 18.4. The Bertz CT molecular complexity index is 1200. The third kappa shape index (κ3) is 5.53. The average Bonchev–Trinajstić information content (AvgIpc) is 3.16. The smallest absolute Gasteiger partial charge is 0.247 e. The fourth-order valence-electron chi connectivity index (χ4n) is 3.30. The Balaban J connectivity index is 1.93. The summed E-state index contributed by atoms with van der Waals surface area (Å²) in [5, 5.41) is 20.6. The maximum atomic E-state index is 13.5. The number of sulfonamides is 1. The van der Waals surface area contributed by atoms with Gasteiger partial charge < -0.3 is 10.8 Å². The Morgan fingerprint density at radius 2 is 1.91 bits per heavy atom. The minimum Gasteiger partial charge on any atom is -0.507 e. The summed E-state index contributed by atoms with van der Waals surface area (Å²) in [5.74, 6) is -0.227. The zero-order valence-corrected chi connectivity index (χ0v) is 20.0. The Labute approximate surface area is 193 Å². The topological polar surface area (TPSA) is 120 Å². The van der Waals surface area contributed by atoms with Gasteiger partial charge in [0.2, 0.25) is 10.0 Å². The van der Waals surface area contributed by atoms with E-state index in [0.717, 1.165) is 10.6 Å². The molecule has 0 saturated carbocycles. The van der Waals surface area contributed by atoms with Crippen molar-refractivity contribution < 1.29 is 13.5 Å². The Hall–Kier alpha value is -2.75. The molecule has 0 bridgehead atoms. The molecule has 0 spiro atoms. The van der Waals surface area contributed by atoms with E-state index < -0.39 is 10.0 Å².